The number of ketones is 1. The first kappa shape index (κ1) is 34.5. The van der Waals surface area contributed by atoms with Crippen LogP contribution in [0.15, 0.2) is 42.6 Å². The minimum absolute atomic E-state index is 0.0199. The molecule has 1 fully saturated rings. The van der Waals surface area contributed by atoms with Crippen LogP contribution >= 0.6 is 0 Å². The van der Waals surface area contributed by atoms with Crippen molar-refractivity contribution in [1.29, 1.82) is 0 Å². The average molecular weight is 713 g/mol. The number of carbonyl (C=O) groups excluding carboxylic acids is 1. The van der Waals surface area contributed by atoms with Gasteiger partial charge in [-0.3, -0.25) is 14.5 Å². The smallest absolute Gasteiger partial charge is 0.378 e. The number of pyridine rings is 2. The second-order valence-corrected chi connectivity index (χ2v) is 13.7. The maximum Gasteiger partial charge on any atom is 0.435 e. The van der Waals surface area contributed by atoms with Gasteiger partial charge in [0.15, 0.2) is 11.5 Å². The molecule has 14 heteroatoms. The quantitative estimate of drug-likeness (QED) is 0.150. The highest BCUT2D eigenvalue weighted by Gasteiger charge is 2.68. The predicted molar refractivity (Wildman–Crippen MR) is 168 cm³/mol. The van der Waals surface area contributed by atoms with E-state index in [0.717, 1.165) is 12.1 Å². The number of fused-ring (bicyclic) bond motifs is 4. The average Bonchev–Trinajstić information content (AvgIpc) is 3.40. The van der Waals surface area contributed by atoms with Gasteiger partial charge >= 0.3 is 6.18 Å². The van der Waals surface area contributed by atoms with Crippen molar-refractivity contribution in [2.75, 3.05) is 0 Å². The van der Waals surface area contributed by atoms with E-state index < -0.39 is 88.6 Å². The lowest BCUT2D eigenvalue weighted by molar-refractivity contribution is -0.142. The lowest BCUT2D eigenvalue weighted by atomic mass is 9.86. The van der Waals surface area contributed by atoms with Crippen LogP contribution < -0.4 is 0 Å². The van der Waals surface area contributed by atoms with Crippen LogP contribution in [0.25, 0.3) is 17.2 Å². The zero-order valence-corrected chi connectivity index (χ0v) is 27.1. The Balaban J connectivity index is 1.33. The van der Waals surface area contributed by atoms with Gasteiger partial charge in [-0.15, -0.1) is 0 Å². The van der Waals surface area contributed by atoms with Gasteiger partial charge in [-0.05, 0) is 68.4 Å². The second-order valence-electron chi connectivity index (χ2n) is 13.7. The number of halogens is 8. The van der Waals surface area contributed by atoms with Crippen LogP contribution in [0.2, 0.25) is 0 Å². The van der Waals surface area contributed by atoms with Gasteiger partial charge in [-0.2, -0.15) is 27.1 Å². The summed E-state index contributed by atoms with van der Waals surface area (Å²) in [5.74, 6) is -5.14. The minimum atomic E-state index is -5.04. The highest BCUT2D eigenvalue weighted by Crippen LogP contribution is 2.68. The first-order chi connectivity index (χ1) is 23.9. The van der Waals surface area contributed by atoms with Crippen LogP contribution in [-0.4, -0.2) is 36.2 Å². The number of benzene rings is 1. The van der Waals surface area contributed by atoms with Crippen LogP contribution in [0.5, 0.6) is 0 Å². The van der Waals surface area contributed by atoms with Crippen molar-refractivity contribution in [3.05, 3.63) is 105 Å². The molecule has 1 saturated carbocycles. The van der Waals surface area contributed by atoms with E-state index in [-0.39, 0.29) is 46.5 Å². The van der Waals surface area contributed by atoms with Crippen molar-refractivity contribution in [2.45, 2.75) is 75.6 Å². The summed E-state index contributed by atoms with van der Waals surface area (Å²) in [6.07, 6.45) is -1.07. The molecule has 3 aliphatic rings. The van der Waals surface area contributed by atoms with E-state index >= 15 is 13.2 Å². The zero-order chi connectivity index (χ0) is 36.6. The van der Waals surface area contributed by atoms with E-state index in [2.05, 4.69) is 26.9 Å². The first-order valence-electron chi connectivity index (χ1n) is 16.0. The Labute approximate surface area is 286 Å². The van der Waals surface area contributed by atoms with Gasteiger partial charge < -0.3 is 5.11 Å². The first-order valence-corrected chi connectivity index (χ1v) is 16.0. The minimum Gasteiger partial charge on any atom is -0.378 e. The topological polar surface area (TPSA) is 80.9 Å². The molecule has 4 aromatic rings. The Morgan fingerprint density at radius 3 is 2.51 bits per heavy atom. The third-order valence-electron chi connectivity index (χ3n) is 9.23. The number of carbonyl (C=O) groups is 1. The number of Topliss-reactive ketones (excluding diaryl/α,β-unsaturated/α-hetero) is 1. The summed E-state index contributed by atoms with van der Waals surface area (Å²) in [6, 6.07) is 5.58. The van der Waals surface area contributed by atoms with E-state index in [1.807, 2.05) is 0 Å². The van der Waals surface area contributed by atoms with Crippen LogP contribution in [0.4, 0.5) is 35.1 Å². The SMILES string of the molecule is CC(C)(O)C#Cc1ccc(-c2cnc3c(c2F)C=CC3)c([C@@H](CC(=O)Cn2nc(C(F)(F)F)c3c2C(F)(F)[C@@H]2C[C@H]32)Cc2cc(F)cc(F)c2)n1. The van der Waals surface area contributed by atoms with E-state index in [9.17, 15) is 31.9 Å². The molecule has 0 bridgehead atoms. The van der Waals surface area contributed by atoms with Gasteiger partial charge in [-0.1, -0.05) is 18.1 Å². The highest BCUT2D eigenvalue weighted by molar-refractivity contribution is 5.80. The van der Waals surface area contributed by atoms with Gasteiger partial charge in [0.25, 0.3) is 5.92 Å². The van der Waals surface area contributed by atoms with Gasteiger partial charge in [0.2, 0.25) is 0 Å². The summed E-state index contributed by atoms with van der Waals surface area (Å²) in [5, 5.41) is 13.6. The summed E-state index contributed by atoms with van der Waals surface area (Å²) in [7, 11) is 0. The van der Waals surface area contributed by atoms with Crippen LogP contribution in [0.1, 0.15) is 83.7 Å². The van der Waals surface area contributed by atoms with Crippen molar-refractivity contribution < 1.29 is 45.0 Å². The van der Waals surface area contributed by atoms with E-state index in [1.165, 1.54) is 32.2 Å². The largest absolute Gasteiger partial charge is 0.435 e. The lowest BCUT2D eigenvalue weighted by Gasteiger charge is -2.21. The summed E-state index contributed by atoms with van der Waals surface area (Å²) in [5.41, 5.74) is -3.47. The van der Waals surface area contributed by atoms with E-state index in [0.29, 0.717) is 22.9 Å². The number of alkyl halides is 5. The van der Waals surface area contributed by atoms with Crippen molar-refractivity contribution >= 4 is 11.9 Å². The fourth-order valence-electron chi connectivity index (χ4n) is 7.03. The zero-order valence-electron chi connectivity index (χ0n) is 27.1. The Morgan fingerprint density at radius 2 is 1.82 bits per heavy atom. The molecular formula is C37H28F8N4O2. The number of allylic oxidation sites excluding steroid dienone is 1. The Bertz CT molecular complexity index is 2170. The highest BCUT2D eigenvalue weighted by atomic mass is 19.4. The molecule has 0 aliphatic heterocycles. The number of aromatic nitrogens is 4. The molecule has 51 heavy (non-hydrogen) atoms. The molecule has 6 nitrogen and oxygen atoms in total. The number of rotatable bonds is 8. The molecule has 3 aliphatic carbocycles. The molecule has 1 aromatic carbocycles. The van der Waals surface area contributed by atoms with Gasteiger partial charge in [0.1, 0.15) is 41.0 Å². The molecule has 0 amide bonds. The molecule has 264 valence electrons. The second kappa shape index (κ2) is 12.1. The van der Waals surface area contributed by atoms with Gasteiger partial charge in [0, 0.05) is 59.2 Å². The summed E-state index contributed by atoms with van der Waals surface area (Å²) in [6.45, 7) is 1.89. The fraction of sp³-hybridized carbons (Fsp3) is 0.351. The normalized spacial score (nSPS) is 18.9. The van der Waals surface area contributed by atoms with Crippen LogP contribution in [0, 0.1) is 35.2 Å². The van der Waals surface area contributed by atoms with E-state index in [1.54, 1.807) is 12.2 Å². The molecule has 0 spiro atoms. The maximum atomic E-state index is 16.0. The maximum absolute atomic E-state index is 16.0. The molecular weight excluding hydrogens is 684 g/mol. The van der Waals surface area contributed by atoms with Crippen molar-refractivity contribution in [3.63, 3.8) is 0 Å². The lowest BCUT2D eigenvalue weighted by Crippen LogP contribution is -2.24. The monoisotopic (exact) mass is 712 g/mol. The third-order valence-corrected chi connectivity index (χ3v) is 9.23. The number of hydrogen-bond acceptors (Lipinski definition) is 5. The molecule has 1 N–H and O–H groups in total. The predicted octanol–water partition coefficient (Wildman–Crippen LogP) is 7.66. The summed E-state index contributed by atoms with van der Waals surface area (Å²) < 4.78 is 117. The number of aliphatic hydroxyl groups is 1. The molecule has 0 radical (unpaired) electrons. The molecule has 0 saturated heterocycles. The number of nitrogens with zero attached hydrogens (tertiary/aromatic N) is 4. The molecule has 7 rings (SSSR count). The third kappa shape index (κ3) is 6.55. The Kier molecular flexibility index (Phi) is 8.20. The van der Waals surface area contributed by atoms with Gasteiger partial charge in [-0.25, -0.2) is 18.2 Å². The number of hydrogen-bond donors (Lipinski definition) is 1. The fourth-order valence-corrected chi connectivity index (χ4v) is 7.03. The standard InChI is InChI=1S/C37H28F8N4O2/c1-35(2,51)9-8-22-6-7-24(27-16-46-29-5-3-4-25(29)31(27)40)32(47-22)19(10-18-11-20(38)14-21(39)12-18)13-23(50)17-49-34-30(33(48-49)37(43,44)45)26-15-28(26)36(34,41)42/h3-4,6-7,11-12,14,16,19,26,28,51H,5,10,13,15,17H2,1-2H3/t19-,26+,28-/m1/s1. The van der Waals surface area contributed by atoms with Crippen LogP contribution in [-0.2, 0) is 36.3 Å². The Morgan fingerprint density at radius 1 is 1.10 bits per heavy atom. The summed E-state index contributed by atoms with van der Waals surface area (Å²) in [4.78, 5) is 22.7. The van der Waals surface area contributed by atoms with Crippen molar-refractivity contribution in [2.24, 2.45) is 5.92 Å². The molecule has 3 heterocycles. The Hall–Kier alpha value is -4.90. The molecule has 0 unspecified atom stereocenters. The van der Waals surface area contributed by atoms with Crippen molar-refractivity contribution in [3.8, 4) is 23.0 Å². The van der Waals surface area contributed by atoms with Gasteiger partial charge in [0.05, 0.1) is 11.4 Å². The molecule has 3 atom stereocenters. The summed E-state index contributed by atoms with van der Waals surface area (Å²) >= 11 is 0. The van der Waals surface area contributed by atoms with E-state index in [4.69, 9.17) is 0 Å². The molecule has 3 aromatic heterocycles. The van der Waals surface area contributed by atoms with Crippen LogP contribution in [0.3, 0.4) is 0 Å². The van der Waals surface area contributed by atoms with Crippen molar-refractivity contribution in [1.82, 2.24) is 19.7 Å².